The van der Waals surface area contributed by atoms with E-state index in [1.807, 2.05) is 4.68 Å². The average molecular weight is 196 g/mol. The summed E-state index contributed by atoms with van der Waals surface area (Å²) in [6.07, 6.45) is 3.70. The summed E-state index contributed by atoms with van der Waals surface area (Å²) in [5.74, 6) is 1.08. The van der Waals surface area contributed by atoms with Gasteiger partial charge in [0, 0.05) is 19.0 Å². The summed E-state index contributed by atoms with van der Waals surface area (Å²) >= 11 is 0. The standard InChI is InChI=1S/C10H20N4/c1-4-6-14-10(12-8-13-14)7-9(3)11-5-2/h8-9,11H,4-7H2,1-3H3. The number of nitrogens with one attached hydrogen (secondary N) is 1. The van der Waals surface area contributed by atoms with Crippen molar-refractivity contribution in [2.75, 3.05) is 6.54 Å². The Morgan fingerprint density at radius 1 is 1.50 bits per heavy atom. The Morgan fingerprint density at radius 3 is 2.93 bits per heavy atom. The van der Waals surface area contributed by atoms with E-state index in [1.54, 1.807) is 6.33 Å². The topological polar surface area (TPSA) is 42.7 Å². The minimum absolute atomic E-state index is 0.472. The third kappa shape index (κ3) is 3.10. The monoisotopic (exact) mass is 196 g/mol. The number of nitrogens with zero attached hydrogens (tertiary/aromatic N) is 3. The van der Waals surface area contributed by atoms with Crippen molar-refractivity contribution in [2.24, 2.45) is 0 Å². The Morgan fingerprint density at radius 2 is 2.29 bits per heavy atom. The van der Waals surface area contributed by atoms with Gasteiger partial charge >= 0.3 is 0 Å². The smallest absolute Gasteiger partial charge is 0.138 e. The lowest BCUT2D eigenvalue weighted by Gasteiger charge is -2.11. The minimum atomic E-state index is 0.472. The second-order valence-electron chi connectivity index (χ2n) is 3.56. The highest BCUT2D eigenvalue weighted by atomic mass is 15.3. The molecule has 1 rings (SSSR count). The summed E-state index contributed by atoms with van der Waals surface area (Å²) in [4.78, 5) is 4.27. The third-order valence-corrected chi connectivity index (χ3v) is 2.17. The molecule has 0 aliphatic heterocycles. The van der Waals surface area contributed by atoms with E-state index in [-0.39, 0.29) is 0 Å². The molecule has 0 aliphatic carbocycles. The number of aromatic nitrogens is 3. The van der Waals surface area contributed by atoms with E-state index in [2.05, 4.69) is 36.2 Å². The maximum absolute atomic E-state index is 4.27. The van der Waals surface area contributed by atoms with Gasteiger partial charge in [-0.25, -0.2) is 4.98 Å². The van der Waals surface area contributed by atoms with Crippen LogP contribution in [-0.2, 0) is 13.0 Å². The molecular weight excluding hydrogens is 176 g/mol. The molecule has 1 aromatic heterocycles. The minimum Gasteiger partial charge on any atom is -0.314 e. The zero-order chi connectivity index (χ0) is 10.4. The highest BCUT2D eigenvalue weighted by Crippen LogP contribution is 2.00. The van der Waals surface area contributed by atoms with Crippen LogP contribution in [-0.4, -0.2) is 27.4 Å². The molecule has 0 spiro atoms. The lowest BCUT2D eigenvalue weighted by molar-refractivity contribution is 0.508. The van der Waals surface area contributed by atoms with Gasteiger partial charge in [-0.1, -0.05) is 13.8 Å². The number of hydrogen-bond donors (Lipinski definition) is 1. The molecular formula is C10H20N4. The number of hydrogen-bond acceptors (Lipinski definition) is 3. The van der Waals surface area contributed by atoms with Crippen LogP contribution in [0.25, 0.3) is 0 Å². The summed E-state index contributed by atoms with van der Waals surface area (Å²) in [6.45, 7) is 8.41. The first-order chi connectivity index (χ1) is 6.77. The predicted octanol–water partition coefficient (Wildman–Crippen LogP) is 1.23. The molecule has 1 atom stereocenters. The van der Waals surface area contributed by atoms with Gasteiger partial charge in [-0.3, -0.25) is 4.68 Å². The molecule has 14 heavy (non-hydrogen) atoms. The largest absolute Gasteiger partial charge is 0.314 e. The summed E-state index contributed by atoms with van der Waals surface area (Å²) in [5.41, 5.74) is 0. The van der Waals surface area contributed by atoms with E-state index in [0.29, 0.717) is 6.04 Å². The molecule has 4 nitrogen and oxygen atoms in total. The Labute approximate surface area is 85.7 Å². The Bertz CT molecular complexity index is 256. The lowest BCUT2D eigenvalue weighted by atomic mass is 10.2. The van der Waals surface area contributed by atoms with Crippen molar-refractivity contribution in [1.82, 2.24) is 20.1 Å². The van der Waals surface area contributed by atoms with Crippen LogP contribution in [0.3, 0.4) is 0 Å². The van der Waals surface area contributed by atoms with Gasteiger partial charge in [-0.15, -0.1) is 0 Å². The fourth-order valence-electron chi connectivity index (χ4n) is 1.54. The second kappa shape index (κ2) is 5.75. The second-order valence-corrected chi connectivity index (χ2v) is 3.56. The number of rotatable bonds is 6. The summed E-state index contributed by atoms with van der Waals surface area (Å²) in [7, 11) is 0. The van der Waals surface area contributed by atoms with Crippen LogP contribution in [0.2, 0.25) is 0 Å². The number of aryl methyl sites for hydroxylation is 1. The Hall–Kier alpha value is -0.900. The summed E-state index contributed by atoms with van der Waals surface area (Å²) in [5, 5.41) is 7.57. The zero-order valence-corrected chi connectivity index (χ0v) is 9.32. The first kappa shape index (κ1) is 11.2. The SMILES string of the molecule is CCCn1ncnc1CC(C)NCC. The molecule has 0 radical (unpaired) electrons. The molecule has 1 unspecified atom stereocenters. The van der Waals surface area contributed by atoms with Gasteiger partial charge in [0.1, 0.15) is 12.2 Å². The molecule has 0 amide bonds. The fourth-order valence-corrected chi connectivity index (χ4v) is 1.54. The molecule has 1 N–H and O–H groups in total. The van der Waals surface area contributed by atoms with Crippen LogP contribution < -0.4 is 5.32 Å². The van der Waals surface area contributed by atoms with Crippen molar-refractivity contribution in [3.63, 3.8) is 0 Å². The molecule has 0 aliphatic rings. The zero-order valence-electron chi connectivity index (χ0n) is 9.32. The fraction of sp³-hybridized carbons (Fsp3) is 0.800. The predicted molar refractivity (Wildman–Crippen MR) is 57.2 cm³/mol. The first-order valence-corrected chi connectivity index (χ1v) is 5.38. The molecule has 0 bridgehead atoms. The van der Waals surface area contributed by atoms with E-state index in [4.69, 9.17) is 0 Å². The van der Waals surface area contributed by atoms with Gasteiger partial charge in [0.25, 0.3) is 0 Å². The van der Waals surface area contributed by atoms with Gasteiger partial charge < -0.3 is 5.32 Å². The van der Waals surface area contributed by atoms with Gasteiger partial charge in [-0.2, -0.15) is 5.10 Å². The van der Waals surface area contributed by atoms with E-state index in [0.717, 1.165) is 31.8 Å². The highest BCUT2D eigenvalue weighted by Gasteiger charge is 2.07. The molecule has 0 saturated heterocycles. The lowest BCUT2D eigenvalue weighted by Crippen LogP contribution is -2.29. The summed E-state index contributed by atoms with van der Waals surface area (Å²) < 4.78 is 1.99. The molecule has 0 fully saturated rings. The van der Waals surface area contributed by atoms with Crippen LogP contribution in [0.5, 0.6) is 0 Å². The van der Waals surface area contributed by atoms with Gasteiger partial charge in [0.15, 0.2) is 0 Å². The highest BCUT2D eigenvalue weighted by molar-refractivity contribution is 4.88. The van der Waals surface area contributed by atoms with Crippen molar-refractivity contribution in [1.29, 1.82) is 0 Å². The Balaban J connectivity index is 2.52. The van der Waals surface area contributed by atoms with Crippen molar-refractivity contribution >= 4 is 0 Å². The van der Waals surface area contributed by atoms with Crippen molar-refractivity contribution in [3.05, 3.63) is 12.2 Å². The molecule has 4 heteroatoms. The molecule has 1 heterocycles. The van der Waals surface area contributed by atoms with Crippen LogP contribution >= 0.6 is 0 Å². The van der Waals surface area contributed by atoms with Crippen molar-refractivity contribution in [3.8, 4) is 0 Å². The molecule has 80 valence electrons. The maximum Gasteiger partial charge on any atom is 0.138 e. The quantitative estimate of drug-likeness (QED) is 0.744. The van der Waals surface area contributed by atoms with E-state index in [9.17, 15) is 0 Å². The van der Waals surface area contributed by atoms with Crippen molar-refractivity contribution in [2.45, 2.75) is 46.2 Å². The van der Waals surface area contributed by atoms with E-state index in [1.165, 1.54) is 0 Å². The van der Waals surface area contributed by atoms with Crippen LogP contribution in [0.1, 0.15) is 33.0 Å². The van der Waals surface area contributed by atoms with Crippen LogP contribution in [0, 0.1) is 0 Å². The van der Waals surface area contributed by atoms with E-state index < -0.39 is 0 Å². The Kier molecular flexibility index (Phi) is 4.59. The summed E-state index contributed by atoms with van der Waals surface area (Å²) in [6, 6.07) is 0.472. The third-order valence-electron chi connectivity index (χ3n) is 2.17. The first-order valence-electron chi connectivity index (χ1n) is 5.38. The van der Waals surface area contributed by atoms with Crippen molar-refractivity contribution < 1.29 is 0 Å². The molecule has 1 aromatic rings. The van der Waals surface area contributed by atoms with Gasteiger partial charge in [0.05, 0.1) is 0 Å². The van der Waals surface area contributed by atoms with Crippen LogP contribution in [0.15, 0.2) is 6.33 Å². The molecule has 0 saturated carbocycles. The maximum atomic E-state index is 4.27. The van der Waals surface area contributed by atoms with Gasteiger partial charge in [-0.05, 0) is 19.9 Å². The van der Waals surface area contributed by atoms with E-state index >= 15 is 0 Å². The molecule has 0 aromatic carbocycles. The normalized spacial score (nSPS) is 13.1. The average Bonchev–Trinajstić information content (AvgIpc) is 2.54. The van der Waals surface area contributed by atoms with Gasteiger partial charge in [0.2, 0.25) is 0 Å². The van der Waals surface area contributed by atoms with Crippen LogP contribution in [0.4, 0.5) is 0 Å². The number of likely N-dealkylation sites (N-methyl/N-ethyl adjacent to an activating group) is 1.